The molecule has 1 aliphatic heterocycles. The third-order valence-electron chi connectivity index (χ3n) is 4.58. The SMILES string of the molecule is Cc1ccc(C(=O)CCCCOc2ccc(C3=NCCO3)cc2)cc1C. The van der Waals surface area contributed by atoms with Crippen LogP contribution >= 0.6 is 0 Å². The lowest BCUT2D eigenvalue weighted by atomic mass is 10.0. The molecule has 0 radical (unpaired) electrons. The van der Waals surface area contributed by atoms with Crippen LogP contribution in [0.15, 0.2) is 47.5 Å². The minimum absolute atomic E-state index is 0.204. The number of aryl methyl sites for hydroxylation is 2. The maximum Gasteiger partial charge on any atom is 0.216 e. The van der Waals surface area contributed by atoms with Crippen LogP contribution in [0.5, 0.6) is 5.75 Å². The Morgan fingerprint density at radius 2 is 1.88 bits per heavy atom. The molecule has 0 bridgehead atoms. The van der Waals surface area contributed by atoms with Crippen molar-refractivity contribution in [2.24, 2.45) is 4.99 Å². The summed E-state index contributed by atoms with van der Waals surface area (Å²) in [4.78, 5) is 16.5. The number of ether oxygens (including phenoxy) is 2. The molecule has 0 N–H and O–H groups in total. The Hall–Kier alpha value is -2.62. The van der Waals surface area contributed by atoms with E-state index in [9.17, 15) is 4.79 Å². The molecule has 0 atom stereocenters. The van der Waals surface area contributed by atoms with E-state index in [-0.39, 0.29) is 5.78 Å². The average molecular weight is 351 g/mol. The highest BCUT2D eigenvalue weighted by Gasteiger charge is 2.10. The topological polar surface area (TPSA) is 47.9 Å². The molecule has 0 fully saturated rings. The summed E-state index contributed by atoms with van der Waals surface area (Å²) in [5.41, 5.74) is 4.17. The van der Waals surface area contributed by atoms with Gasteiger partial charge in [-0.1, -0.05) is 12.1 Å². The lowest BCUT2D eigenvalue weighted by molar-refractivity contribution is 0.0977. The van der Waals surface area contributed by atoms with Crippen LogP contribution in [0.25, 0.3) is 0 Å². The second kappa shape index (κ2) is 8.65. The van der Waals surface area contributed by atoms with Gasteiger partial charge in [-0.15, -0.1) is 0 Å². The summed E-state index contributed by atoms with van der Waals surface area (Å²) in [6, 6.07) is 13.7. The smallest absolute Gasteiger partial charge is 0.216 e. The standard InChI is InChI=1S/C22H25NO3/c1-16-6-7-19(15-17(16)2)21(24)5-3-4-13-25-20-10-8-18(9-11-20)22-23-12-14-26-22/h6-11,15H,3-5,12-14H2,1-2H3. The summed E-state index contributed by atoms with van der Waals surface area (Å²) in [5, 5.41) is 0. The molecule has 2 aromatic carbocycles. The molecule has 26 heavy (non-hydrogen) atoms. The van der Waals surface area contributed by atoms with Gasteiger partial charge < -0.3 is 9.47 Å². The van der Waals surface area contributed by atoms with Crippen LogP contribution in [-0.4, -0.2) is 31.4 Å². The third kappa shape index (κ3) is 4.72. The maximum absolute atomic E-state index is 12.2. The maximum atomic E-state index is 12.2. The normalized spacial score (nSPS) is 13.2. The van der Waals surface area contributed by atoms with Gasteiger partial charge in [0, 0.05) is 17.5 Å². The van der Waals surface area contributed by atoms with Crippen LogP contribution in [-0.2, 0) is 4.74 Å². The molecule has 3 rings (SSSR count). The van der Waals surface area contributed by atoms with Crippen LogP contribution < -0.4 is 4.74 Å². The predicted molar refractivity (Wildman–Crippen MR) is 103 cm³/mol. The van der Waals surface area contributed by atoms with Crippen molar-refractivity contribution in [2.75, 3.05) is 19.8 Å². The number of benzene rings is 2. The number of ketones is 1. The summed E-state index contributed by atoms with van der Waals surface area (Å²) in [6.45, 7) is 6.10. The van der Waals surface area contributed by atoms with E-state index in [0.717, 1.165) is 41.8 Å². The molecule has 0 unspecified atom stereocenters. The second-order valence-corrected chi connectivity index (χ2v) is 6.59. The first kappa shape index (κ1) is 18.2. The van der Waals surface area contributed by atoms with Crippen LogP contribution in [0.2, 0.25) is 0 Å². The van der Waals surface area contributed by atoms with Gasteiger partial charge >= 0.3 is 0 Å². The number of hydrogen-bond donors (Lipinski definition) is 0. The van der Waals surface area contributed by atoms with Gasteiger partial charge in [0.25, 0.3) is 0 Å². The molecule has 0 aliphatic carbocycles. The number of Topliss-reactive ketones (excluding diaryl/α,β-unsaturated/α-hetero) is 1. The van der Waals surface area contributed by atoms with Gasteiger partial charge in [0.15, 0.2) is 5.78 Å². The highest BCUT2D eigenvalue weighted by atomic mass is 16.5. The van der Waals surface area contributed by atoms with Crippen molar-refractivity contribution in [1.82, 2.24) is 0 Å². The third-order valence-corrected chi connectivity index (χ3v) is 4.58. The highest BCUT2D eigenvalue weighted by molar-refractivity contribution is 5.96. The molecule has 4 nitrogen and oxygen atoms in total. The molecule has 1 aliphatic rings. The van der Waals surface area contributed by atoms with Crippen molar-refractivity contribution in [2.45, 2.75) is 33.1 Å². The molecule has 0 amide bonds. The number of nitrogens with zero attached hydrogens (tertiary/aromatic N) is 1. The Morgan fingerprint density at radius 1 is 1.08 bits per heavy atom. The fourth-order valence-corrected chi connectivity index (χ4v) is 2.84. The summed E-state index contributed by atoms with van der Waals surface area (Å²) < 4.78 is 11.2. The van der Waals surface area contributed by atoms with E-state index in [1.807, 2.05) is 49.4 Å². The second-order valence-electron chi connectivity index (χ2n) is 6.59. The van der Waals surface area contributed by atoms with E-state index in [2.05, 4.69) is 11.9 Å². The molecule has 0 aromatic heterocycles. The zero-order valence-corrected chi connectivity index (χ0v) is 15.5. The van der Waals surface area contributed by atoms with Crippen LogP contribution in [0.1, 0.15) is 46.3 Å². The lowest BCUT2D eigenvalue weighted by Crippen LogP contribution is -2.03. The van der Waals surface area contributed by atoms with E-state index in [0.29, 0.717) is 25.5 Å². The zero-order chi connectivity index (χ0) is 18.4. The predicted octanol–water partition coefficient (Wildman–Crippen LogP) is 4.51. The van der Waals surface area contributed by atoms with E-state index in [1.165, 1.54) is 5.56 Å². The fourth-order valence-electron chi connectivity index (χ4n) is 2.84. The first-order valence-electron chi connectivity index (χ1n) is 9.14. The molecule has 2 aromatic rings. The Balaban J connectivity index is 1.38. The molecule has 136 valence electrons. The Labute approximate surface area is 154 Å². The summed E-state index contributed by atoms with van der Waals surface area (Å²) in [7, 11) is 0. The molecule has 4 heteroatoms. The number of carbonyl (C=O) groups excluding carboxylic acids is 1. The first-order chi connectivity index (χ1) is 12.6. The number of aliphatic imine (C=N–C) groups is 1. The summed E-state index contributed by atoms with van der Waals surface area (Å²) in [6.07, 6.45) is 2.24. The van der Waals surface area contributed by atoms with Gasteiger partial charge in [-0.2, -0.15) is 0 Å². The number of carbonyl (C=O) groups is 1. The van der Waals surface area contributed by atoms with Gasteiger partial charge in [-0.25, -0.2) is 4.99 Å². The zero-order valence-electron chi connectivity index (χ0n) is 15.5. The molecule has 0 saturated carbocycles. The Morgan fingerprint density at radius 3 is 2.58 bits per heavy atom. The Kier molecular flexibility index (Phi) is 6.05. The van der Waals surface area contributed by atoms with E-state index >= 15 is 0 Å². The quantitative estimate of drug-likeness (QED) is 0.519. The largest absolute Gasteiger partial charge is 0.494 e. The van der Waals surface area contributed by atoms with E-state index < -0.39 is 0 Å². The van der Waals surface area contributed by atoms with Crippen LogP contribution in [0.4, 0.5) is 0 Å². The molecule has 0 spiro atoms. The minimum atomic E-state index is 0.204. The molecular weight excluding hydrogens is 326 g/mol. The van der Waals surface area contributed by atoms with Gasteiger partial charge in [-0.05, 0) is 68.1 Å². The summed E-state index contributed by atoms with van der Waals surface area (Å²) in [5.74, 6) is 1.74. The summed E-state index contributed by atoms with van der Waals surface area (Å²) >= 11 is 0. The van der Waals surface area contributed by atoms with E-state index in [4.69, 9.17) is 9.47 Å². The average Bonchev–Trinajstić information content (AvgIpc) is 3.19. The van der Waals surface area contributed by atoms with Crippen molar-refractivity contribution >= 4 is 11.7 Å². The van der Waals surface area contributed by atoms with Gasteiger partial charge in [-0.3, -0.25) is 4.79 Å². The fraction of sp³-hybridized carbons (Fsp3) is 0.364. The van der Waals surface area contributed by atoms with Crippen molar-refractivity contribution < 1.29 is 14.3 Å². The molecular formula is C22H25NO3. The van der Waals surface area contributed by atoms with Crippen LogP contribution in [0.3, 0.4) is 0 Å². The van der Waals surface area contributed by atoms with Crippen molar-refractivity contribution in [3.8, 4) is 5.75 Å². The molecule has 1 heterocycles. The van der Waals surface area contributed by atoms with Crippen LogP contribution in [0, 0.1) is 13.8 Å². The molecule has 0 saturated heterocycles. The highest BCUT2D eigenvalue weighted by Crippen LogP contribution is 2.16. The Bertz CT molecular complexity index is 794. The lowest BCUT2D eigenvalue weighted by Gasteiger charge is -2.08. The monoisotopic (exact) mass is 351 g/mol. The van der Waals surface area contributed by atoms with Crippen molar-refractivity contribution in [1.29, 1.82) is 0 Å². The van der Waals surface area contributed by atoms with Gasteiger partial charge in [0.05, 0.1) is 13.2 Å². The van der Waals surface area contributed by atoms with Gasteiger partial charge in [0.2, 0.25) is 5.90 Å². The first-order valence-corrected chi connectivity index (χ1v) is 9.14. The van der Waals surface area contributed by atoms with E-state index in [1.54, 1.807) is 0 Å². The van der Waals surface area contributed by atoms with Gasteiger partial charge in [0.1, 0.15) is 12.4 Å². The van der Waals surface area contributed by atoms with Crippen molar-refractivity contribution in [3.05, 3.63) is 64.7 Å². The minimum Gasteiger partial charge on any atom is -0.494 e. The number of hydrogen-bond acceptors (Lipinski definition) is 4. The van der Waals surface area contributed by atoms with Crippen molar-refractivity contribution in [3.63, 3.8) is 0 Å². The number of rotatable bonds is 8. The number of unbranched alkanes of at least 4 members (excludes halogenated alkanes) is 1.